The summed E-state index contributed by atoms with van der Waals surface area (Å²) in [6, 6.07) is 8.70. The lowest BCUT2D eigenvalue weighted by Gasteiger charge is -2.09. The summed E-state index contributed by atoms with van der Waals surface area (Å²) in [5, 5.41) is 11.0. The van der Waals surface area contributed by atoms with Crippen LogP contribution in [0.2, 0.25) is 0 Å². The smallest absolute Gasteiger partial charge is 0.339 e. The summed E-state index contributed by atoms with van der Waals surface area (Å²) in [6.07, 6.45) is 0. The molecule has 0 spiro atoms. The van der Waals surface area contributed by atoms with Crippen molar-refractivity contribution in [3.8, 4) is 5.75 Å². The third-order valence-corrected chi connectivity index (χ3v) is 4.76. The highest BCUT2D eigenvalue weighted by Gasteiger charge is 2.25. The van der Waals surface area contributed by atoms with Crippen LogP contribution in [0, 0.1) is 10.1 Å². The molecule has 0 amide bonds. The van der Waals surface area contributed by atoms with Crippen LogP contribution in [-0.4, -0.2) is 26.4 Å². The number of halogens is 1. The van der Waals surface area contributed by atoms with Gasteiger partial charge in [-0.05, 0) is 46.3 Å². The lowest BCUT2D eigenvalue weighted by atomic mass is 10.2. The molecule has 0 aliphatic carbocycles. The number of ether oxygens (including phenoxy) is 1. The van der Waals surface area contributed by atoms with Gasteiger partial charge < -0.3 is 8.92 Å². The van der Waals surface area contributed by atoms with Crippen LogP contribution >= 0.6 is 15.9 Å². The number of rotatable bonds is 5. The number of para-hydroxylation sites is 1. The van der Waals surface area contributed by atoms with Crippen molar-refractivity contribution in [2.75, 3.05) is 7.11 Å². The van der Waals surface area contributed by atoms with E-state index in [4.69, 9.17) is 4.18 Å². The molecule has 10 heteroatoms. The van der Waals surface area contributed by atoms with Crippen molar-refractivity contribution in [2.24, 2.45) is 0 Å². The average molecular weight is 416 g/mol. The lowest BCUT2D eigenvalue weighted by Crippen LogP contribution is -2.12. The zero-order valence-corrected chi connectivity index (χ0v) is 14.5. The molecule has 0 aliphatic heterocycles. The van der Waals surface area contributed by atoms with Crippen LogP contribution in [0.15, 0.2) is 51.8 Å². The number of hydrogen-bond donors (Lipinski definition) is 0. The Labute approximate surface area is 145 Å². The van der Waals surface area contributed by atoms with Crippen molar-refractivity contribution in [1.29, 1.82) is 0 Å². The molecule has 24 heavy (non-hydrogen) atoms. The molecule has 0 atom stereocenters. The predicted molar refractivity (Wildman–Crippen MR) is 86.4 cm³/mol. The third kappa shape index (κ3) is 3.71. The summed E-state index contributed by atoms with van der Waals surface area (Å²) in [5.41, 5.74) is -0.345. The summed E-state index contributed by atoms with van der Waals surface area (Å²) in [5.74, 6) is -1.05. The van der Waals surface area contributed by atoms with Crippen LogP contribution in [0.1, 0.15) is 10.4 Å². The van der Waals surface area contributed by atoms with Gasteiger partial charge in [-0.15, -0.1) is 0 Å². The third-order valence-electron chi connectivity index (χ3n) is 2.90. The highest BCUT2D eigenvalue weighted by atomic mass is 79.9. The van der Waals surface area contributed by atoms with E-state index in [1.165, 1.54) is 31.4 Å². The molecule has 0 N–H and O–H groups in total. The molecule has 0 aliphatic rings. The van der Waals surface area contributed by atoms with Crippen molar-refractivity contribution in [2.45, 2.75) is 4.90 Å². The molecule has 0 saturated carbocycles. The molecule has 0 unspecified atom stereocenters. The number of carbonyl (C=O) groups excluding carboxylic acids is 1. The Morgan fingerprint density at radius 1 is 1.17 bits per heavy atom. The summed E-state index contributed by atoms with van der Waals surface area (Å²) >= 11 is 3.03. The fourth-order valence-corrected chi connectivity index (χ4v) is 3.26. The number of nitrogens with zero attached hydrogens (tertiary/aromatic N) is 1. The molecule has 0 aromatic heterocycles. The van der Waals surface area contributed by atoms with Crippen molar-refractivity contribution in [1.82, 2.24) is 0 Å². The topological polar surface area (TPSA) is 113 Å². The monoisotopic (exact) mass is 415 g/mol. The summed E-state index contributed by atoms with van der Waals surface area (Å²) in [7, 11) is -3.13. The molecule has 2 aromatic carbocycles. The highest BCUT2D eigenvalue weighted by Crippen LogP contribution is 2.36. The van der Waals surface area contributed by atoms with Crippen LogP contribution in [0.4, 0.5) is 5.69 Å². The first-order valence-electron chi connectivity index (χ1n) is 6.32. The van der Waals surface area contributed by atoms with Gasteiger partial charge in [0.2, 0.25) is 5.75 Å². The van der Waals surface area contributed by atoms with E-state index in [9.17, 15) is 23.3 Å². The minimum atomic E-state index is -4.33. The molecule has 0 saturated heterocycles. The van der Waals surface area contributed by atoms with E-state index in [1.54, 1.807) is 0 Å². The number of nitro benzene ring substituents is 1. The van der Waals surface area contributed by atoms with Gasteiger partial charge >= 0.3 is 21.8 Å². The lowest BCUT2D eigenvalue weighted by molar-refractivity contribution is -0.385. The number of carbonyl (C=O) groups is 1. The molecule has 0 bridgehead atoms. The van der Waals surface area contributed by atoms with Gasteiger partial charge in [0, 0.05) is 6.07 Å². The molecule has 8 nitrogen and oxygen atoms in total. The normalized spacial score (nSPS) is 10.9. The Morgan fingerprint density at radius 3 is 2.33 bits per heavy atom. The van der Waals surface area contributed by atoms with Crippen molar-refractivity contribution in [3.05, 3.63) is 62.6 Å². The molecule has 0 radical (unpaired) electrons. The molecule has 0 heterocycles. The fourth-order valence-electron chi connectivity index (χ4n) is 1.76. The first-order chi connectivity index (χ1) is 11.3. The van der Waals surface area contributed by atoms with E-state index in [1.807, 2.05) is 0 Å². The number of nitro groups is 1. The van der Waals surface area contributed by atoms with Gasteiger partial charge in [-0.25, -0.2) is 4.79 Å². The van der Waals surface area contributed by atoms with Gasteiger partial charge in [-0.1, -0.05) is 6.07 Å². The molecule has 126 valence electrons. The molecule has 0 fully saturated rings. The standard InChI is InChI=1S/C14H10BrNO7S/c1-22-14(17)9-5-7-10(8-6-9)24(20,21)23-13-11(15)3-2-4-12(13)16(18)19/h2-8H,1H3. The summed E-state index contributed by atoms with van der Waals surface area (Å²) < 4.78 is 34.1. The Bertz CT molecular complexity index is 894. The summed E-state index contributed by atoms with van der Waals surface area (Å²) in [4.78, 5) is 21.3. The minimum absolute atomic E-state index is 0.117. The maximum absolute atomic E-state index is 12.3. The van der Waals surface area contributed by atoms with E-state index in [0.29, 0.717) is 0 Å². The van der Waals surface area contributed by atoms with E-state index in [0.717, 1.165) is 18.2 Å². The van der Waals surface area contributed by atoms with Crippen LogP contribution in [0.5, 0.6) is 5.75 Å². The second-order valence-electron chi connectivity index (χ2n) is 4.40. The second-order valence-corrected chi connectivity index (χ2v) is 6.80. The van der Waals surface area contributed by atoms with Gasteiger partial charge in [0.15, 0.2) is 0 Å². The molecular formula is C14H10BrNO7S. The zero-order valence-electron chi connectivity index (χ0n) is 12.1. The van der Waals surface area contributed by atoms with Gasteiger partial charge in [0.25, 0.3) is 0 Å². The number of esters is 1. The fraction of sp³-hybridized carbons (Fsp3) is 0.0714. The first-order valence-corrected chi connectivity index (χ1v) is 8.52. The second kappa shape index (κ2) is 6.97. The first kappa shape index (κ1) is 17.9. The van der Waals surface area contributed by atoms with E-state index in [2.05, 4.69) is 20.7 Å². The quantitative estimate of drug-likeness (QED) is 0.319. The largest absolute Gasteiger partial charge is 0.465 e. The predicted octanol–water partition coefficient (Wildman–Crippen LogP) is 2.91. The van der Waals surface area contributed by atoms with Gasteiger partial charge in [-0.2, -0.15) is 8.42 Å². The molecule has 2 aromatic rings. The zero-order chi connectivity index (χ0) is 17.9. The molecule has 2 rings (SSSR count). The van der Waals surface area contributed by atoms with Gasteiger partial charge in [0.05, 0.1) is 22.1 Å². The Kier molecular flexibility index (Phi) is 5.20. The van der Waals surface area contributed by atoms with E-state index >= 15 is 0 Å². The van der Waals surface area contributed by atoms with Crippen LogP contribution < -0.4 is 4.18 Å². The maximum atomic E-state index is 12.3. The highest BCUT2D eigenvalue weighted by molar-refractivity contribution is 9.10. The van der Waals surface area contributed by atoms with Gasteiger partial charge in [-0.3, -0.25) is 10.1 Å². The maximum Gasteiger partial charge on any atom is 0.339 e. The van der Waals surface area contributed by atoms with Crippen molar-refractivity contribution < 1.29 is 27.1 Å². The van der Waals surface area contributed by atoms with Crippen molar-refractivity contribution >= 4 is 37.7 Å². The van der Waals surface area contributed by atoms with Crippen LogP contribution in [-0.2, 0) is 14.9 Å². The number of hydrogen-bond acceptors (Lipinski definition) is 7. The minimum Gasteiger partial charge on any atom is -0.465 e. The summed E-state index contributed by atoms with van der Waals surface area (Å²) in [6.45, 7) is 0. The van der Waals surface area contributed by atoms with Gasteiger partial charge in [0.1, 0.15) is 4.90 Å². The average Bonchev–Trinajstić information content (AvgIpc) is 2.55. The Balaban J connectivity index is 2.39. The number of benzene rings is 2. The SMILES string of the molecule is COC(=O)c1ccc(S(=O)(=O)Oc2c(Br)cccc2[N+](=O)[O-])cc1. The molecular weight excluding hydrogens is 406 g/mol. The van der Waals surface area contributed by atoms with Crippen LogP contribution in [0.25, 0.3) is 0 Å². The van der Waals surface area contributed by atoms with Crippen molar-refractivity contribution in [3.63, 3.8) is 0 Å². The Hall–Kier alpha value is -2.46. The van der Waals surface area contributed by atoms with E-state index < -0.39 is 32.4 Å². The number of methoxy groups -OCH3 is 1. The van der Waals surface area contributed by atoms with Crippen LogP contribution in [0.3, 0.4) is 0 Å². The van der Waals surface area contributed by atoms with E-state index in [-0.39, 0.29) is 14.9 Å². The Morgan fingerprint density at radius 2 is 1.79 bits per heavy atom.